The second-order valence-electron chi connectivity index (χ2n) is 7.41. The molecule has 2 aromatic carbocycles. The van der Waals surface area contributed by atoms with E-state index >= 15 is 0 Å². The van der Waals surface area contributed by atoms with Gasteiger partial charge in [0.25, 0.3) is 0 Å². The summed E-state index contributed by atoms with van der Waals surface area (Å²) in [5, 5.41) is 31.5. The fourth-order valence-electron chi connectivity index (χ4n) is 4.39. The lowest BCUT2D eigenvalue weighted by molar-refractivity contribution is -0.322. The fraction of sp³-hybridized carbons (Fsp3) is 0.318. The number of hydrogen-bond acceptors (Lipinski definition) is 5. The number of carboxylic acids is 1. The van der Waals surface area contributed by atoms with Crippen molar-refractivity contribution < 1.29 is 20.1 Å². The van der Waals surface area contributed by atoms with Crippen molar-refractivity contribution in [2.45, 2.75) is 36.6 Å². The molecular weight excluding hydrogens is 342 g/mol. The molecule has 5 rings (SSSR count). The molecule has 0 amide bonds. The smallest absolute Gasteiger partial charge is 0.155 e. The summed E-state index contributed by atoms with van der Waals surface area (Å²) in [6, 6.07) is 14.5. The molecule has 2 heterocycles. The van der Waals surface area contributed by atoms with Gasteiger partial charge in [-0.2, -0.15) is 0 Å². The van der Waals surface area contributed by atoms with Gasteiger partial charge in [-0.05, 0) is 43.5 Å². The van der Waals surface area contributed by atoms with Crippen molar-refractivity contribution in [1.29, 1.82) is 0 Å². The molecule has 3 aliphatic rings. The summed E-state index contributed by atoms with van der Waals surface area (Å²) < 4.78 is 0. The van der Waals surface area contributed by atoms with Crippen LogP contribution in [0.15, 0.2) is 60.7 Å². The number of fused-ring (bicyclic) bond motifs is 5. The molecule has 2 bridgehead atoms. The van der Waals surface area contributed by atoms with Crippen molar-refractivity contribution in [1.82, 2.24) is 4.90 Å². The van der Waals surface area contributed by atoms with E-state index in [0.29, 0.717) is 17.2 Å². The Hall–Kier alpha value is -2.47. The van der Waals surface area contributed by atoms with Crippen LogP contribution in [0.4, 0.5) is 0 Å². The molecule has 2 N–H and O–H groups in total. The quantitative estimate of drug-likeness (QED) is 0.747. The highest BCUT2D eigenvalue weighted by atomic mass is 16.4. The number of aliphatic hydroxyl groups is 2. The van der Waals surface area contributed by atoms with Gasteiger partial charge in [-0.15, -0.1) is 0 Å². The third kappa shape index (κ3) is 2.62. The standard InChI is InChI=1S/C14H10O3.C8H13NO/c15-13(16)14(17)11-7-3-1-5-9(11)10-6-2-4-8-12(10)14;1-9-7-3-2-5-8(9,10)6-4-7/h1-8,17H,(H,15,16);2,5,7,10H,3-4,6H2,1H3/p-1/t;7-,8-/m.1/s1. The van der Waals surface area contributed by atoms with Crippen LogP contribution in [0, 0.1) is 0 Å². The molecule has 1 saturated heterocycles. The highest BCUT2D eigenvalue weighted by Crippen LogP contribution is 2.46. The molecule has 2 aliphatic heterocycles. The van der Waals surface area contributed by atoms with Crippen LogP contribution in [0.25, 0.3) is 11.1 Å². The maximum Gasteiger partial charge on any atom is 0.155 e. The molecule has 140 valence electrons. The van der Waals surface area contributed by atoms with Crippen LogP contribution < -0.4 is 5.11 Å². The molecule has 0 spiro atoms. The van der Waals surface area contributed by atoms with Crippen LogP contribution in [-0.2, 0) is 10.4 Å². The molecule has 0 unspecified atom stereocenters. The largest absolute Gasteiger partial charge is 0.546 e. The molecule has 5 heteroatoms. The average Bonchev–Trinajstić information content (AvgIpc) is 3.00. The zero-order chi connectivity index (χ0) is 19.2. The van der Waals surface area contributed by atoms with E-state index in [2.05, 4.69) is 11.0 Å². The second kappa shape index (κ2) is 6.30. The van der Waals surface area contributed by atoms with Crippen LogP contribution in [-0.4, -0.2) is 39.9 Å². The number of rotatable bonds is 1. The van der Waals surface area contributed by atoms with Gasteiger partial charge in [0.05, 0.1) is 5.97 Å². The highest BCUT2D eigenvalue weighted by Gasteiger charge is 2.43. The Morgan fingerprint density at radius 1 is 1.07 bits per heavy atom. The summed E-state index contributed by atoms with van der Waals surface area (Å²) in [6.07, 6.45) is 7.18. The number of carboxylic acid groups (broad SMARTS) is 1. The van der Waals surface area contributed by atoms with Gasteiger partial charge >= 0.3 is 0 Å². The monoisotopic (exact) mass is 364 g/mol. The Morgan fingerprint density at radius 2 is 1.63 bits per heavy atom. The number of carbonyl (C=O) groups excluding carboxylic acids is 1. The molecule has 5 nitrogen and oxygen atoms in total. The number of hydrogen-bond donors (Lipinski definition) is 2. The van der Waals surface area contributed by atoms with Gasteiger partial charge in [0, 0.05) is 17.2 Å². The minimum Gasteiger partial charge on any atom is -0.546 e. The highest BCUT2D eigenvalue weighted by molar-refractivity contribution is 5.94. The lowest BCUT2D eigenvalue weighted by atomic mass is 9.92. The van der Waals surface area contributed by atoms with Gasteiger partial charge in [0.1, 0.15) is 5.72 Å². The van der Waals surface area contributed by atoms with Crippen molar-refractivity contribution in [3.63, 3.8) is 0 Å². The summed E-state index contributed by atoms with van der Waals surface area (Å²) in [5.41, 5.74) is -0.386. The maximum absolute atomic E-state index is 11.3. The van der Waals surface area contributed by atoms with E-state index in [1.54, 1.807) is 36.4 Å². The summed E-state index contributed by atoms with van der Waals surface area (Å²) in [7, 11) is 2.00. The van der Waals surface area contributed by atoms with Crippen molar-refractivity contribution >= 4 is 5.97 Å². The molecule has 2 aromatic rings. The Kier molecular flexibility index (Phi) is 4.18. The van der Waals surface area contributed by atoms with E-state index in [0.717, 1.165) is 30.4 Å². The minimum absolute atomic E-state index is 0.376. The van der Waals surface area contributed by atoms with Gasteiger partial charge in [-0.1, -0.05) is 54.6 Å². The third-order valence-electron chi connectivity index (χ3n) is 6.02. The van der Waals surface area contributed by atoms with Crippen LogP contribution in [0.2, 0.25) is 0 Å². The molecule has 1 fully saturated rings. The van der Waals surface area contributed by atoms with Gasteiger partial charge in [0.15, 0.2) is 5.60 Å². The van der Waals surface area contributed by atoms with Crippen molar-refractivity contribution in [2.75, 3.05) is 7.05 Å². The van der Waals surface area contributed by atoms with E-state index in [9.17, 15) is 20.1 Å². The topological polar surface area (TPSA) is 83.8 Å². The number of carbonyl (C=O) groups is 1. The molecule has 27 heavy (non-hydrogen) atoms. The van der Waals surface area contributed by atoms with Crippen LogP contribution in [0.1, 0.15) is 30.4 Å². The summed E-state index contributed by atoms with van der Waals surface area (Å²) >= 11 is 0. The first-order chi connectivity index (χ1) is 12.9. The van der Waals surface area contributed by atoms with Gasteiger partial charge in [-0.3, -0.25) is 4.90 Å². The zero-order valence-corrected chi connectivity index (χ0v) is 15.1. The Labute approximate surface area is 158 Å². The van der Waals surface area contributed by atoms with Gasteiger partial charge < -0.3 is 20.1 Å². The van der Waals surface area contributed by atoms with E-state index in [1.807, 2.05) is 25.3 Å². The number of likely N-dealkylation sites (N-methyl/N-ethyl adjacent to an activating group) is 1. The SMILES string of the molecule is CN1[C@@H]2CC=C[C@@]1(O)CC2.O=C([O-])C1(O)c2ccccc2-c2ccccc21. The molecule has 0 radical (unpaired) electrons. The molecule has 2 atom stereocenters. The van der Waals surface area contributed by atoms with Crippen molar-refractivity contribution in [2.24, 2.45) is 0 Å². The first-order valence-corrected chi connectivity index (χ1v) is 9.14. The summed E-state index contributed by atoms with van der Waals surface area (Å²) in [4.78, 5) is 13.4. The van der Waals surface area contributed by atoms with E-state index in [4.69, 9.17) is 0 Å². The van der Waals surface area contributed by atoms with E-state index < -0.39 is 17.3 Å². The lowest BCUT2D eigenvalue weighted by Gasteiger charge is -2.33. The Bertz CT molecular complexity index is 877. The second-order valence-corrected chi connectivity index (χ2v) is 7.41. The first-order valence-electron chi connectivity index (χ1n) is 9.14. The van der Waals surface area contributed by atoms with Crippen LogP contribution >= 0.6 is 0 Å². The van der Waals surface area contributed by atoms with Gasteiger partial charge in [-0.25, -0.2) is 0 Å². The average molecular weight is 364 g/mol. The number of nitrogens with zero attached hydrogens (tertiary/aromatic N) is 1. The molecule has 0 aromatic heterocycles. The van der Waals surface area contributed by atoms with Crippen LogP contribution in [0.3, 0.4) is 0 Å². The summed E-state index contributed by atoms with van der Waals surface area (Å²) in [5.74, 6) is -1.49. The Morgan fingerprint density at radius 3 is 2.11 bits per heavy atom. The molecule has 1 aliphatic carbocycles. The molecular formula is C22H22NO4-. The lowest BCUT2D eigenvalue weighted by Crippen LogP contribution is -2.45. The van der Waals surface area contributed by atoms with E-state index in [1.165, 1.54) is 0 Å². The minimum atomic E-state index is -2.03. The van der Waals surface area contributed by atoms with Crippen molar-refractivity contribution in [3.05, 3.63) is 71.8 Å². The molecule has 0 saturated carbocycles. The number of aliphatic carboxylic acids is 1. The first kappa shape index (κ1) is 17.9. The normalized spacial score (nSPS) is 26.7. The van der Waals surface area contributed by atoms with E-state index in [-0.39, 0.29) is 0 Å². The summed E-state index contributed by atoms with van der Waals surface area (Å²) in [6.45, 7) is 0. The Balaban J connectivity index is 0.000000153. The number of benzene rings is 2. The third-order valence-corrected chi connectivity index (χ3v) is 6.02. The predicted molar refractivity (Wildman–Crippen MR) is 99.4 cm³/mol. The maximum atomic E-state index is 11.3. The fourth-order valence-corrected chi connectivity index (χ4v) is 4.39. The van der Waals surface area contributed by atoms with Crippen LogP contribution in [0.5, 0.6) is 0 Å². The van der Waals surface area contributed by atoms with Gasteiger partial charge in [0.2, 0.25) is 0 Å². The van der Waals surface area contributed by atoms with Crippen molar-refractivity contribution in [3.8, 4) is 11.1 Å². The zero-order valence-electron chi connectivity index (χ0n) is 15.1. The predicted octanol–water partition coefficient (Wildman–Crippen LogP) is 1.38.